The summed E-state index contributed by atoms with van der Waals surface area (Å²) in [6.07, 6.45) is 4.20. The summed E-state index contributed by atoms with van der Waals surface area (Å²) < 4.78 is 33.1. The van der Waals surface area contributed by atoms with E-state index in [9.17, 15) is 18.4 Å². The highest BCUT2D eigenvalue weighted by Crippen LogP contribution is 2.33. The van der Waals surface area contributed by atoms with Crippen molar-refractivity contribution in [3.63, 3.8) is 0 Å². The van der Waals surface area contributed by atoms with Gasteiger partial charge in [-0.15, -0.1) is 0 Å². The molecule has 2 heterocycles. The molecule has 0 atom stereocenters. The predicted octanol–water partition coefficient (Wildman–Crippen LogP) is 5.69. The summed E-state index contributed by atoms with van der Waals surface area (Å²) in [5.41, 5.74) is 6.77. The van der Waals surface area contributed by atoms with E-state index in [2.05, 4.69) is 15.6 Å². The van der Waals surface area contributed by atoms with E-state index in [-0.39, 0.29) is 50.3 Å². The molecule has 7 nitrogen and oxygen atoms in total. The number of rotatable bonds is 6. The summed E-state index contributed by atoms with van der Waals surface area (Å²) in [5, 5.41) is 5.09. The van der Waals surface area contributed by atoms with Gasteiger partial charge in [0.25, 0.3) is 11.8 Å². The van der Waals surface area contributed by atoms with Crippen LogP contribution in [0.25, 0.3) is 11.1 Å². The lowest BCUT2D eigenvalue weighted by Gasteiger charge is -2.12. The van der Waals surface area contributed by atoms with Gasteiger partial charge in [0.05, 0.1) is 40.0 Å². The van der Waals surface area contributed by atoms with E-state index in [1.54, 1.807) is 6.07 Å². The molecule has 0 aliphatic carbocycles. The first-order valence-electron chi connectivity index (χ1n) is 10.0. The van der Waals surface area contributed by atoms with E-state index < -0.39 is 23.4 Å². The van der Waals surface area contributed by atoms with Gasteiger partial charge >= 0.3 is 0 Å². The molecule has 0 bridgehead atoms. The van der Waals surface area contributed by atoms with Gasteiger partial charge in [-0.25, -0.2) is 13.8 Å². The number of nitrogens with zero attached hydrogens (tertiary/aromatic N) is 1. The minimum atomic E-state index is -0.779. The maximum Gasteiger partial charge on any atom is 0.271 e. The highest BCUT2D eigenvalue weighted by Gasteiger charge is 2.19. The van der Waals surface area contributed by atoms with Crippen LogP contribution in [0.4, 0.5) is 20.2 Å². The summed E-state index contributed by atoms with van der Waals surface area (Å²) >= 11 is 12.4. The Morgan fingerprint density at radius 2 is 1.80 bits per heavy atom. The summed E-state index contributed by atoms with van der Waals surface area (Å²) in [4.78, 5) is 29.0. The summed E-state index contributed by atoms with van der Waals surface area (Å²) in [6.45, 7) is 0.218. The molecule has 0 radical (unpaired) electrons. The molecular weight excluding hydrogens is 501 g/mol. The van der Waals surface area contributed by atoms with Crippen molar-refractivity contribution in [3.8, 4) is 11.1 Å². The van der Waals surface area contributed by atoms with Crippen LogP contribution in [-0.4, -0.2) is 16.8 Å². The van der Waals surface area contributed by atoms with Gasteiger partial charge in [-0.2, -0.15) is 0 Å². The first kappa shape index (κ1) is 24.2. The Bertz CT molecular complexity index is 1430. The molecule has 0 saturated heterocycles. The van der Waals surface area contributed by atoms with Crippen LogP contribution in [0, 0.1) is 11.6 Å². The average molecular weight is 517 g/mol. The SMILES string of the molecule is Nc1cc(F)ccc1-c1cc(Cl)c(C(=O)Nc2cnc(C(=O)NCc3ccoc3)c(Cl)c2)cc1F. The highest BCUT2D eigenvalue weighted by molar-refractivity contribution is 6.35. The third kappa shape index (κ3) is 5.42. The summed E-state index contributed by atoms with van der Waals surface area (Å²) in [5.74, 6) is -2.60. The van der Waals surface area contributed by atoms with Crippen molar-refractivity contribution < 1.29 is 22.8 Å². The Morgan fingerprint density at radius 3 is 2.49 bits per heavy atom. The lowest BCUT2D eigenvalue weighted by molar-refractivity contribution is 0.0945. The number of benzene rings is 2. The second-order valence-electron chi connectivity index (χ2n) is 7.37. The van der Waals surface area contributed by atoms with E-state index in [1.807, 2.05) is 0 Å². The van der Waals surface area contributed by atoms with E-state index in [0.29, 0.717) is 0 Å². The fraction of sp³-hybridized carbons (Fsp3) is 0.0417. The number of aromatic nitrogens is 1. The van der Waals surface area contributed by atoms with Crippen molar-refractivity contribution >= 4 is 46.4 Å². The maximum absolute atomic E-state index is 14.8. The number of pyridine rings is 1. The van der Waals surface area contributed by atoms with Gasteiger partial charge in [-0.3, -0.25) is 9.59 Å². The average Bonchev–Trinajstić information content (AvgIpc) is 3.33. The Hall–Kier alpha value is -3.95. The number of hydrogen-bond donors (Lipinski definition) is 3. The van der Waals surface area contributed by atoms with Gasteiger partial charge in [0.2, 0.25) is 0 Å². The molecule has 11 heteroatoms. The quantitative estimate of drug-likeness (QED) is 0.285. The highest BCUT2D eigenvalue weighted by atomic mass is 35.5. The zero-order chi connectivity index (χ0) is 25.1. The number of halogens is 4. The molecule has 2 amide bonds. The van der Waals surface area contributed by atoms with Gasteiger partial charge in [-0.1, -0.05) is 23.2 Å². The third-order valence-electron chi connectivity index (χ3n) is 4.95. The smallest absolute Gasteiger partial charge is 0.271 e. The van der Waals surface area contributed by atoms with Crippen molar-refractivity contribution in [2.24, 2.45) is 0 Å². The number of anilines is 2. The molecule has 178 valence electrons. The van der Waals surface area contributed by atoms with Crippen molar-refractivity contribution in [2.45, 2.75) is 6.54 Å². The molecule has 0 spiro atoms. The molecule has 4 aromatic rings. The van der Waals surface area contributed by atoms with E-state index in [1.165, 1.54) is 36.9 Å². The number of carbonyl (C=O) groups excluding carboxylic acids is 2. The number of carbonyl (C=O) groups is 2. The molecule has 4 N–H and O–H groups in total. The van der Waals surface area contributed by atoms with E-state index in [4.69, 9.17) is 33.4 Å². The summed E-state index contributed by atoms with van der Waals surface area (Å²) in [6, 6.07) is 8.72. The fourth-order valence-electron chi connectivity index (χ4n) is 3.24. The van der Waals surface area contributed by atoms with Crippen LogP contribution in [0.2, 0.25) is 10.0 Å². The Morgan fingerprint density at radius 1 is 1.00 bits per heavy atom. The number of amides is 2. The van der Waals surface area contributed by atoms with Gasteiger partial charge < -0.3 is 20.8 Å². The van der Waals surface area contributed by atoms with Crippen LogP contribution in [0.3, 0.4) is 0 Å². The lowest BCUT2D eigenvalue weighted by atomic mass is 10.0. The standard InChI is InChI=1S/C24H16Cl2F2N4O3/c25-18-7-16(15-2-1-13(27)5-21(15)29)20(28)8-17(18)23(33)32-14-6-19(26)22(30-10-14)24(34)31-9-12-3-4-35-11-12/h1-8,10-11H,9,29H2,(H,31,34)(H,32,33). The van der Waals surface area contributed by atoms with Crippen LogP contribution < -0.4 is 16.4 Å². The van der Waals surface area contributed by atoms with Gasteiger partial charge in [0.15, 0.2) is 0 Å². The molecule has 0 unspecified atom stereocenters. The van der Waals surface area contributed by atoms with Gasteiger partial charge in [0.1, 0.15) is 17.3 Å². The van der Waals surface area contributed by atoms with Crippen LogP contribution in [-0.2, 0) is 6.54 Å². The third-order valence-corrected chi connectivity index (χ3v) is 5.55. The van der Waals surface area contributed by atoms with Crippen LogP contribution in [0.5, 0.6) is 0 Å². The molecule has 0 saturated carbocycles. The molecule has 35 heavy (non-hydrogen) atoms. The fourth-order valence-corrected chi connectivity index (χ4v) is 3.74. The van der Waals surface area contributed by atoms with E-state index in [0.717, 1.165) is 23.8 Å². The van der Waals surface area contributed by atoms with E-state index >= 15 is 0 Å². The minimum absolute atomic E-state index is 0.00750. The van der Waals surface area contributed by atoms with Crippen LogP contribution >= 0.6 is 23.2 Å². The molecular formula is C24H16Cl2F2N4O3. The van der Waals surface area contributed by atoms with Crippen molar-refractivity contribution in [1.82, 2.24) is 10.3 Å². The van der Waals surface area contributed by atoms with Crippen molar-refractivity contribution in [3.05, 3.63) is 99.7 Å². The number of nitrogens with two attached hydrogens (primary N) is 1. The monoisotopic (exact) mass is 516 g/mol. The lowest BCUT2D eigenvalue weighted by Crippen LogP contribution is -2.24. The van der Waals surface area contributed by atoms with Gasteiger partial charge in [-0.05, 0) is 42.5 Å². The van der Waals surface area contributed by atoms with Crippen LogP contribution in [0.1, 0.15) is 26.4 Å². The van der Waals surface area contributed by atoms with Gasteiger partial charge in [0, 0.05) is 28.9 Å². The first-order chi connectivity index (χ1) is 16.7. The molecule has 4 rings (SSSR count). The largest absolute Gasteiger partial charge is 0.472 e. The number of furan rings is 1. The second kappa shape index (κ2) is 10.1. The van der Waals surface area contributed by atoms with Crippen molar-refractivity contribution in [1.29, 1.82) is 0 Å². The van der Waals surface area contributed by atoms with Crippen LogP contribution in [0.15, 0.2) is 65.6 Å². The normalized spacial score (nSPS) is 10.7. The maximum atomic E-state index is 14.8. The summed E-state index contributed by atoms with van der Waals surface area (Å²) in [7, 11) is 0. The first-order valence-corrected chi connectivity index (χ1v) is 10.8. The van der Waals surface area contributed by atoms with Crippen molar-refractivity contribution in [2.75, 3.05) is 11.1 Å². The molecule has 0 fully saturated rings. The predicted molar refractivity (Wildman–Crippen MR) is 128 cm³/mol. The Kier molecular flexibility index (Phi) is 6.99. The molecule has 2 aromatic heterocycles. The molecule has 0 aliphatic heterocycles. The number of nitrogen functional groups attached to an aromatic ring is 1. The zero-order valence-corrected chi connectivity index (χ0v) is 19.3. The molecule has 2 aromatic carbocycles. The number of nitrogens with one attached hydrogen (secondary N) is 2. The zero-order valence-electron chi connectivity index (χ0n) is 17.7. The molecule has 0 aliphatic rings. The topological polar surface area (TPSA) is 110 Å². The second-order valence-corrected chi connectivity index (χ2v) is 8.18. The minimum Gasteiger partial charge on any atom is -0.472 e. The Labute approximate surface area is 207 Å². The number of hydrogen-bond acceptors (Lipinski definition) is 5. The Balaban J connectivity index is 1.50.